The molecule has 0 amide bonds. The second kappa shape index (κ2) is 7.41. The van der Waals surface area contributed by atoms with Gasteiger partial charge in [-0.1, -0.05) is 18.2 Å². The van der Waals surface area contributed by atoms with E-state index in [1.165, 1.54) is 0 Å². The van der Waals surface area contributed by atoms with Crippen molar-refractivity contribution in [2.75, 3.05) is 0 Å². The monoisotopic (exact) mass is 518 g/mol. The molecule has 0 aliphatic carbocycles. The van der Waals surface area contributed by atoms with E-state index in [1.54, 1.807) is 0 Å². The van der Waals surface area contributed by atoms with Crippen LogP contribution < -0.4 is 4.18 Å². The number of halogens is 9. The van der Waals surface area contributed by atoms with E-state index in [-0.39, 0.29) is 0 Å². The summed E-state index contributed by atoms with van der Waals surface area (Å²) in [4.78, 5) is 0. The predicted octanol–water partition coefficient (Wildman–Crippen LogP) is 2.77. The van der Waals surface area contributed by atoms with Crippen LogP contribution in [0.15, 0.2) is 30.3 Å². The second-order valence-electron chi connectivity index (χ2n) is 4.93. The fraction of sp³-hybridized carbons (Fsp3) is 0.400. The average molecular weight is 518 g/mol. The van der Waals surface area contributed by atoms with Gasteiger partial charge in [0.15, 0.2) is 20.0 Å². The number of hydrogen-bond acceptors (Lipinski definition) is 7. The minimum absolute atomic E-state index is 0.550. The zero-order valence-corrected chi connectivity index (χ0v) is 15.8. The topological polar surface area (TPSA) is 126 Å². The van der Waals surface area contributed by atoms with Gasteiger partial charge in [-0.05, 0) is 12.1 Å². The van der Waals surface area contributed by atoms with Gasteiger partial charge in [-0.3, -0.25) is 0 Å². The number of rotatable bonds is 8. The van der Waals surface area contributed by atoms with Gasteiger partial charge < -0.3 is 8.31 Å². The number of hydrogen-bond donors (Lipinski definition) is 0. The lowest BCUT2D eigenvalue weighted by Gasteiger charge is -2.35. The van der Waals surface area contributed by atoms with Crippen molar-refractivity contribution in [3.05, 3.63) is 34.5 Å². The summed E-state index contributed by atoms with van der Waals surface area (Å²) in [6.45, 7) is 0. The van der Waals surface area contributed by atoms with E-state index in [1.807, 2.05) is 0 Å². The molecule has 0 atom stereocenters. The van der Waals surface area contributed by atoms with E-state index >= 15 is 0 Å². The maximum atomic E-state index is 13.7. The van der Waals surface area contributed by atoms with Crippen molar-refractivity contribution in [2.24, 2.45) is 0 Å². The van der Waals surface area contributed by atoms with Crippen LogP contribution in [0.25, 0.3) is 4.13 Å². The molecule has 8 nitrogen and oxygen atoms in total. The summed E-state index contributed by atoms with van der Waals surface area (Å²) < 4.78 is 188. The smallest absolute Gasteiger partial charge is 0.423 e. The van der Waals surface area contributed by atoms with E-state index in [9.17, 15) is 64.8 Å². The number of para-hydroxylation sites is 1. The Balaban J connectivity index is 3.48. The van der Waals surface area contributed by atoms with Crippen LogP contribution >= 0.6 is 0 Å². The minimum atomic E-state index is -7.94. The van der Waals surface area contributed by atoms with Crippen LogP contribution in [0.4, 0.5) is 39.5 Å². The number of benzene rings is 1. The molecule has 0 unspecified atom stereocenters. The standard InChI is InChI=1S/C10H5F9NO7S3/c11-7(12,8(13,14)28(21,22)20-29(23,24)10(17,18)19)9(15,16)30(25,26)27-6-4-2-1-3-5-6/h1-5H/q-1. The first-order valence-corrected chi connectivity index (χ1v) is 10.7. The van der Waals surface area contributed by atoms with E-state index in [0.717, 1.165) is 18.2 Å². The van der Waals surface area contributed by atoms with Gasteiger partial charge in [0.05, 0.1) is 0 Å². The molecule has 1 aromatic rings. The van der Waals surface area contributed by atoms with Crippen molar-refractivity contribution in [1.82, 2.24) is 0 Å². The van der Waals surface area contributed by atoms with E-state index in [4.69, 9.17) is 0 Å². The van der Waals surface area contributed by atoms with Crippen molar-refractivity contribution in [3.8, 4) is 5.75 Å². The zero-order valence-electron chi connectivity index (χ0n) is 13.3. The van der Waals surface area contributed by atoms with Gasteiger partial charge in [0.1, 0.15) is 5.75 Å². The summed E-state index contributed by atoms with van der Waals surface area (Å²) in [6.07, 6.45) is 0. The summed E-state index contributed by atoms with van der Waals surface area (Å²) in [7, 11) is -22.5. The molecule has 0 N–H and O–H groups in total. The summed E-state index contributed by atoms with van der Waals surface area (Å²) in [5.41, 5.74) is -6.70. The average Bonchev–Trinajstić information content (AvgIpc) is 2.52. The van der Waals surface area contributed by atoms with Crippen molar-refractivity contribution >= 4 is 30.2 Å². The fourth-order valence-corrected chi connectivity index (χ4v) is 4.54. The van der Waals surface area contributed by atoms with Crippen molar-refractivity contribution < 1.29 is 69.0 Å². The fourth-order valence-electron chi connectivity index (χ4n) is 1.36. The highest BCUT2D eigenvalue weighted by Crippen LogP contribution is 2.53. The van der Waals surface area contributed by atoms with Crippen LogP contribution in [0.2, 0.25) is 0 Å². The number of sulfonamides is 2. The molecule has 30 heavy (non-hydrogen) atoms. The summed E-state index contributed by atoms with van der Waals surface area (Å²) in [5, 5.41) is -14.6. The van der Waals surface area contributed by atoms with Crippen LogP contribution in [-0.4, -0.2) is 47.2 Å². The third-order valence-electron chi connectivity index (χ3n) is 2.81. The normalized spacial score (nSPS) is 15.1. The van der Waals surface area contributed by atoms with E-state index in [2.05, 4.69) is 4.18 Å². The Bertz CT molecular complexity index is 1100. The summed E-state index contributed by atoms with van der Waals surface area (Å²) in [6, 6.07) is 4.13. The summed E-state index contributed by atoms with van der Waals surface area (Å²) >= 11 is 0. The van der Waals surface area contributed by atoms with Crippen LogP contribution in [-0.2, 0) is 30.2 Å². The highest BCUT2D eigenvalue weighted by Gasteiger charge is 2.81. The first kappa shape index (κ1) is 26.2. The van der Waals surface area contributed by atoms with E-state index < -0.39 is 57.9 Å². The van der Waals surface area contributed by atoms with Crippen LogP contribution in [0, 0.1) is 0 Å². The first-order valence-electron chi connectivity index (χ1n) is 6.46. The molecule has 0 saturated heterocycles. The highest BCUT2D eigenvalue weighted by atomic mass is 32.3. The van der Waals surface area contributed by atoms with Crippen molar-refractivity contribution in [3.63, 3.8) is 0 Å². The SMILES string of the molecule is O=S(=O)([N-]S(=O)(=O)C(F)(F)C(F)(F)C(F)(F)S(=O)(=O)Oc1ccccc1)C(F)(F)F. The van der Waals surface area contributed by atoms with Gasteiger partial charge in [-0.25, -0.2) is 16.8 Å². The highest BCUT2D eigenvalue weighted by molar-refractivity contribution is 8.13. The molecular weight excluding hydrogens is 513 g/mol. The molecule has 0 radical (unpaired) electrons. The lowest BCUT2D eigenvalue weighted by molar-refractivity contribution is -0.245. The molecule has 0 aliphatic heterocycles. The van der Waals surface area contributed by atoms with Gasteiger partial charge in [-0.15, -0.1) is 0 Å². The maximum Gasteiger partial charge on any atom is 0.480 e. The predicted molar refractivity (Wildman–Crippen MR) is 78.1 cm³/mol. The van der Waals surface area contributed by atoms with Crippen LogP contribution in [0.5, 0.6) is 5.75 Å². The van der Waals surface area contributed by atoms with Crippen LogP contribution in [0.3, 0.4) is 0 Å². The van der Waals surface area contributed by atoms with Crippen LogP contribution in [0.1, 0.15) is 0 Å². The molecule has 0 spiro atoms. The Morgan fingerprint density at radius 3 is 1.50 bits per heavy atom. The molecule has 1 aromatic carbocycles. The first-order chi connectivity index (χ1) is 13.0. The third kappa shape index (κ3) is 4.30. The van der Waals surface area contributed by atoms with Gasteiger partial charge in [0, 0.05) is 0 Å². The Morgan fingerprint density at radius 2 is 1.10 bits per heavy atom. The molecule has 1 rings (SSSR count). The van der Waals surface area contributed by atoms with Gasteiger partial charge in [-0.2, -0.15) is 47.9 Å². The largest absolute Gasteiger partial charge is 0.480 e. The Hall–Kier alpha value is -1.80. The second-order valence-corrected chi connectivity index (χ2v) is 9.99. The molecule has 0 aromatic heterocycles. The lowest BCUT2D eigenvalue weighted by Crippen LogP contribution is -2.61. The molecule has 20 heteroatoms. The quantitative estimate of drug-likeness (QED) is 0.383. The zero-order chi connectivity index (χ0) is 24.0. The third-order valence-corrected chi connectivity index (χ3v) is 7.16. The molecule has 0 saturated carbocycles. The Kier molecular flexibility index (Phi) is 6.48. The molecule has 0 bridgehead atoms. The van der Waals surface area contributed by atoms with Gasteiger partial charge in [0.25, 0.3) is 0 Å². The van der Waals surface area contributed by atoms with Gasteiger partial charge >= 0.3 is 32.1 Å². The molecule has 174 valence electrons. The number of alkyl halides is 9. The van der Waals surface area contributed by atoms with Crippen molar-refractivity contribution in [2.45, 2.75) is 21.9 Å². The molecule has 0 aliphatic rings. The minimum Gasteiger partial charge on any atom is -0.423 e. The Morgan fingerprint density at radius 1 is 0.667 bits per heavy atom. The number of nitrogens with zero attached hydrogens (tertiary/aromatic N) is 1. The maximum absolute atomic E-state index is 13.7. The van der Waals surface area contributed by atoms with Gasteiger partial charge in [0.2, 0.25) is 0 Å². The Labute approximate surface area is 161 Å². The molecule has 0 heterocycles. The van der Waals surface area contributed by atoms with E-state index in [0.29, 0.717) is 16.3 Å². The van der Waals surface area contributed by atoms with Crippen molar-refractivity contribution in [1.29, 1.82) is 0 Å². The molecule has 0 fully saturated rings. The molecular formula is C10H5F9NO7S3-. The summed E-state index contributed by atoms with van der Waals surface area (Å²) in [5.74, 6) is -8.68. The lowest BCUT2D eigenvalue weighted by atomic mass is 10.3.